The second-order valence-corrected chi connectivity index (χ2v) is 20.9. The van der Waals surface area contributed by atoms with Gasteiger partial charge in [-0.15, -0.1) is 0 Å². The number of hydrogen-bond donors (Lipinski definition) is 3. The molecule has 0 bridgehead atoms. The van der Waals surface area contributed by atoms with Crippen LogP contribution >= 0.6 is 0 Å². The van der Waals surface area contributed by atoms with Crippen LogP contribution in [0.2, 0.25) is 0 Å². The van der Waals surface area contributed by atoms with Crippen molar-refractivity contribution in [3.05, 3.63) is 146 Å². The van der Waals surface area contributed by atoms with Crippen molar-refractivity contribution in [2.45, 2.75) is 263 Å². The summed E-state index contributed by atoms with van der Waals surface area (Å²) in [4.78, 5) is 51.3. The quantitative estimate of drug-likeness (QED) is 0.0228. The molecule has 0 aliphatic carbocycles. The monoisotopic (exact) mass is 1150 g/mol. The average Bonchev–Trinajstić information content (AvgIpc) is 3.58. The lowest BCUT2D eigenvalue weighted by molar-refractivity contribution is -0.301. The summed E-state index contributed by atoms with van der Waals surface area (Å²) in [5.74, 6) is -3.31. The highest BCUT2D eigenvalue weighted by Gasteiger charge is 2.50. The molecule has 466 valence electrons. The summed E-state index contributed by atoms with van der Waals surface area (Å²) in [6.45, 7) is 5.66. The lowest BCUT2D eigenvalue weighted by Crippen LogP contribution is -2.61. The van der Waals surface area contributed by atoms with E-state index >= 15 is 0 Å². The smallest absolute Gasteiger partial charge is 0.335 e. The Morgan fingerprint density at radius 2 is 0.783 bits per heavy atom. The van der Waals surface area contributed by atoms with Crippen molar-refractivity contribution >= 4 is 23.9 Å². The maximum Gasteiger partial charge on any atom is 0.335 e. The normalized spacial score (nSPS) is 18.6. The molecule has 1 rings (SSSR count). The van der Waals surface area contributed by atoms with E-state index in [1.807, 2.05) is 12.2 Å². The molecule has 12 nitrogen and oxygen atoms in total. The molecule has 0 amide bonds. The number of carboxylic acids is 1. The number of carbonyl (C=O) groups is 4. The number of esters is 3. The Labute approximate surface area is 502 Å². The summed E-state index contributed by atoms with van der Waals surface area (Å²) in [7, 11) is 0. The van der Waals surface area contributed by atoms with Gasteiger partial charge in [-0.2, -0.15) is 0 Å². The number of allylic oxidation sites excluding steroid dienone is 24. The van der Waals surface area contributed by atoms with Crippen molar-refractivity contribution in [2.24, 2.45) is 0 Å². The molecule has 1 aliphatic heterocycles. The highest BCUT2D eigenvalue weighted by atomic mass is 16.7. The van der Waals surface area contributed by atoms with Crippen LogP contribution in [0.3, 0.4) is 0 Å². The molecule has 1 fully saturated rings. The summed E-state index contributed by atoms with van der Waals surface area (Å²) in [6.07, 6.45) is 69.6. The van der Waals surface area contributed by atoms with Crippen LogP contribution < -0.4 is 0 Å². The Morgan fingerprint density at radius 3 is 1.23 bits per heavy atom. The van der Waals surface area contributed by atoms with Gasteiger partial charge in [0, 0.05) is 19.3 Å². The molecule has 83 heavy (non-hydrogen) atoms. The highest BCUT2D eigenvalue weighted by Crippen LogP contribution is 2.26. The molecule has 12 heteroatoms. The molecule has 6 atom stereocenters. The summed E-state index contributed by atoms with van der Waals surface area (Å²) >= 11 is 0. The molecule has 1 aliphatic rings. The Bertz CT molecular complexity index is 2000. The molecule has 3 N–H and O–H groups in total. The summed E-state index contributed by atoms with van der Waals surface area (Å²) in [5, 5.41) is 31.6. The SMILES string of the molecule is CC/C=C\C/C=C\C/C=C\C/C=C\C/C=C\C/C=C\CCC(=O)OCC(COC1OC(C(=O)O)C(O)C(O)C1OC(=O)CCCCCCC/C=C\CCCCCCCC)OC(=O)CCCCC/C=C\C/C=C\C/C=C\C/C=C\C/C=C\CC. The van der Waals surface area contributed by atoms with E-state index in [1.54, 1.807) is 0 Å². The number of aliphatic hydroxyl groups excluding tert-OH is 2. The lowest BCUT2D eigenvalue weighted by atomic mass is 9.98. The van der Waals surface area contributed by atoms with Crippen LogP contribution in [0.1, 0.15) is 226 Å². The van der Waals surface area contributed by atoms with Gasteiger partial charge in [-0.3, -0.25) is 14.4 Å². The predicted molar refractivity (Wildman–Crippen MR) is 339 cm³/mol. The van der Waals surface area contributed by atoms with Gasteiger partial charge in [0.15, 0.2) is 24.6 Å². The topological polar surface area (TPSA) is 175 Å². The van der Waals surface area contributed by atoms with E-state index in [2.05, 4.69) is 154 Å². The molecule has 0 radical (unpaired) electrons. The first kappa shape index (κ1) is 75.6. The van der Waals surface area contributed by atoms with Gasteiger partial charge in [0.1, 0.15) is 18.8 Å². The highest BCUT2D eigenvalue weighted by molar-refractivity contribution is 5.74. The Morgan fingerprint density at radius 1 is 0.410 bits per heavy atom. The van der Waals surface area contributed by atoms with Gasteiger partial charge < -0.3 is 39.0 Å². The molecule has 1 saturated heterocycles. The first-order valence-electron chi connectivity index (χ1n) is 31.8. The van der Waals surface area contributed by atoms with Crippen LogP contribution in [0.15, 0.2) is 146 Å². The van der Waals surface area contributed by atoms with Gasteiger partial charge in [-0.05, 0) is 128 Å². The minimum atomic E-state index is -1.93. The number of unbranched alkanes of at least 4 members (excludes halogenated alkanes) is 14. The maximum absolute atomic E-state index is 13.2. The zero-order valence-corrected chi connectivity index (χ0v) is 51.4. The Hall–Kier alpha value is -5.40. The van der Waals surface area contributed by atoms with Gasteiger partial charge in [0.05, 0.1) is 6.61 Å². The lowest BCUT2D eigenvalue weighted by Gasteiger charge is -2.40. The number of carbonyl (C=O) groups excluding carboxylic acids is 3. The van der Waals surface area contributed by atoms with Gasteiger partial charge >= 0.3 is 23.9 Å². The Kier molecular flexibility index (Phi) is 52.0. The fraction of sp³-hybridized carbons (Fsp3) is 0.606. The van der Waals surface area contributed by atoms with Crippen molar-refractivity contribution in [3.8, 4) is 0 Å². The van der Waals surface area contributed by atoms with Crippen LogP contribution in [-0.4, -0.2) is 89.2 Å². The largest absolute Gasteiger partial charge is 0.479 e. The first-order valence-corrected chi connectivity index (χ1v) is 31.8. The minimum absolute atomic E-state index is 0.0314. The van der Waals surface area contributed by atoms with Crippen LogP contribution in [0.4, 0.5) is 0 Å². The summed E-state index contributed by atoms with van der Waals surface area (Å²) in [5.41, 5.74) is 0. The zero-order chi connectivity index (χ0) is 60.3. The minimum Gasteiger partial charge on any atom is -0.479 e. The van der Waals surface area contributed by atoms with Crippen LogP contribution in [-0.2, 0) is 42.9 Å². The third-order valence-electron chi connectivity index (χ3n) is 13.4. The van der Waals surface area contributed by atoms with Crippen LogP contribution in [0.25, 0.3) is 0 Å². The third kappa shape index (κ3) is 46.6. The van der Waals surface area contributed by atoms with E-state index in [4.69, 9.17) is 23.7 Å². The fourth-order valence-electron chi connectivity index (χ4n) is 8.59. The van der Waals surface area contributed by atoms with Crippen molar-refractivity contribution in [1.29, 1.82) is 0 Å². The molecule has 6 unspecified atom stereocenters. The third-order valence-corrected chi connectivity index (χ3v) is 13.4. The number of ether oxygens (including phenoxy) is 5. The van der Waals surface area contributed by atoms with Crippen LogP contribution in [0.5, 0.6) is 0 Å². The second kappa shape index (κ2) is 57.1. The molecule has 1 heterocycles. The van der Waals surface area contributed by atoms with Crippen LogP contribution in [0, 0.1) is 0 Å². The molecule has 0 aromatic heterocycles. The molecule has 0 saturated carbocycles. The number of aliphatic carboxylic acids is 1. The van der Waals surface area contributed by atoms with E-state index < -0.39 is 67.3 Å². The molecular weight excluding hydrogens is 1040 g/mol. The van der Waals surface area contributed by atoms with Crippen molar-refractivity contribution in [1.82, 2.24) is 0 Å². The second-order valence-electron chi connectivity index (χ2n) is 20.9. The first-order chi connectivity index (χ1) is 40.6. The van der Waals surface area contributed by atoms with E-state index in [0.717, 1.165) is 122 Å². The number of rotatable bonds is 52. The van der Waals surface area contributed by atoms with Gasteiger partial charge in [0.25, 0.3) is 0 Å². The van der Waals surface area contributed by atoms with Crippen molar-refractivity contribution in [3.63, 3.8) is 0 Å². The van der Waals surface area contributed by atoms with E-state index in [1.165, 1.54) is 38.5 Å². The molecule has 0 spiro atoms. The number of hydrogen-bond acceptors (Lipinski definition) is 11. The van der Waals surface area contributed by atoms with E-state index in [-0.39, 0.29) is 25.9 Å². The van der Waals surface area contributed by atoms with Crippen molar-refractivity contribution < 1.29 is 58.2 Å². The standard InChI is InChI=1S/C71H110O12/c1-4-7-10-13-16-19-22-25-28-30-32-34-37-39-42-45-48-51-54-57-63(72)79-60-62(81-64(73)58-55-52-49-46-43-41-38-35-33-31-29-26-23-20-17-14-11-8-5-2)61-80-71-69(67(76)66(75)68(83-71)70(77)78)82-65(74)59-56-53-50-47-44-40-36-27-24-21-18-15-12-9-6-3/h7-8,10-11,16-17,19-20,25-29,32-36,39,41-43,48,51,62,66-69,71,75-76H,4-6,9,12-15,18,21-24,30-31,37-38,40,44-47,49-50,52-61H2,1-3H3,(H,77,78)/b10-7-,11-8-,19-16-,20-17-,28-25-,29-26-,34-32-,35-33-,36-27-,42-39-,43-41-,51-48-. The summed E-state index contributed by atoms with van der Waals surface area (Å²) < 4.78 is 28.4. The number of carboxylic acid groups (broad SMARTS) is 1. The van der Waals surface area contributed by atoms with Crippen molar-refractivity contribution in [2.75, 3.05) is 13.2 Å². The fourth-order valence-corrected chi connectivity index (χ4v) is 8.59. The van der Waals surface area contributed by atoms with Gasteiger partial charge in [-0.25, -0.2) is 4.79 Å². The van der Waals surface area contributed by atoms with Gasteiger partial charge in [-0.1, -0.05) is 224 Å². The predicted octanol–water partition coefficient (Wildman–Crippen LogP) is 17.1. The molecule has 0 aromatic rings. The molecule has 0 aromatic carbocycles. The van der Waals surface area contributed by atoms with E-state index in [9.17, 15) is 34.5 Å². The average molecular weight is 1160 g/mol. The maximum atomic E-state index is 13.2. The van der Waals surface area contributed by atoms with Gasteiger partial charge in [0.2, 0.25) is 0 Å². The molecular formula is C71H110O12. The summed E-state index contributed by atoms with van der Waals surface area (Å²) in [6, 6.07) is 0. The van der Waals surface area contributed by atoms with E-state index in [0.29, 0.717) is 25.7 Å². The number of aliphatic hydroxyl groups is 2. The Balaban J connectivity index is 2.76. The zero-order valence-electron chi connectivity index (χ0n) is 51.4.